The highest BCUT2D eigenvalue weighted by atomic mass is 32.1. The number of piperazine rings is 2. The molecule has 6 unspecified atom stereocenters. The summed E-state index contributed by atoms with van der Waals surface area (Å²) in [6, 6.07) is 1.95. The highest BCUT2D eigenvalue weighted by Gasteiger charge is 2.50. The molecule has 0 saturated carbocycles. The summed E-state index contributed by atoms with van der Waals surface area (Å²) in [5.41, 5.74) is 0. The Morgan fingerprint density at radius 2 is 1.93 bits per heavy atom. The minimum Gasteiger partial charge on any atom is -0.391 e. The van der Waals surface area contributed by atoms with Gasteiger partial charge in [0.05, 0.1) is 6.10 Å². The molecule has 29 heavy (non-hydrogen) atoms. The van der Waals surface area contributed by atoms with Crippen LogP contribution in [-0.2, 0) is 0 Å². The molecule has 0 aliphatic carbocycles. The van der Waals surface area contributed by atoms with Crippen molar-refractivity contribution in [1.29, 1.82) is 0 Å². The van der Waals surface area contributed by atoms with Crippen molar-refractivity contribution in [1.82, 2.24) is 24.6 Å². The second-order valence-corrected chi connectivity index (χ2v) is 10.5. The van der Waals surface area contributed by atoms with E-state index < -0.39 is 0 Å². The highest BCUT2D eigenvalue weighted by Crippen LogP contribution is 2.39. The van der Waals surface area contributed by atoms with Crippen LogP contribution in [0.1, 0.15) is 19.3 Å². The minimum absolute atomic E-state index is 0.215. The second-order valence-electron chi connectivity index (χ2n) is 9.63. The number of aliphatic hydroxyl groups is 1. The summed E-state index contributed by atoms with van der Waals surface area (Å²) < 4.78 is 0. The van der Waals surface area contributed by atoms with Crippen LogP contribution in [0.3, 0.4) is 0 Å². The Labute approximate surface area is 178 Å². The molecule has 7 nitrogen and oxygen atoms in total. The molecule has 2 N–H and O–H groups in total. The number of nitrogens with one attached hydrogen (secondary N) is 1. The molecule has 4 fully saturated rings. The first kappa shape index (κ1) is 20.2. The first-order chi connectivity index (χ1) is 14.1. The number of hydrogen-bond donors (Lipinski definition) is 2. The molecule has 1 aromatic heterocycles. The Balaban J connectivity index is 1.29. The zero-order valence-corrected chi connectivity index (χ0v) is 18.6. The summed E-state index contributed by atoms with van der Waals surface area (Å²) >= 11 is 1.67. The number of likely N-dealkylation sites (N-methyl/N-ethyl adjacent to an activating group) is 2. The molecule has 0 spiro atoms. The van der Waals surface area contributed by atoms with E-state index in [1.54, 1.807) is 11.3 Å². The van der Waals surface area contributed by atoms with E-state index in [1.165, 1.54) is 6.42 Å². The van der Waals surface area contributed by atoms with E-state index in [0.29, 0.717) is 30.1 Å². The lowest BCUT2D eigenvalue weighted by Crippen LogP contribution is -2.58. The Bertz CT molecular complexity index is 674. The summed E-state index contributed by atoms with van der Waals surface area (Å²) in [6.07, 6.45) is 5.13. The molecule has 0 radical (unpaired) electrons. The zero-order chi connectivity index (χ0) is 20.0. The maximum atomic E-state index is 11.6. The van der Waals surface area contributed by atoms with Crippen LogP contribution in [-0.4, -0.2) is 120 Å². The van der Waals surface area contributed by atoms with Gasteiger partial charge in [0.25, 0.3) is 0 Å². The summed E-state index contributed by atoms with van der Waals surface area (Å²) in [5, 5.41) is 18.2. The standard InChI is InChI=1S/C21H36N6OS/c1-24-6-8-26-15(13-24)3-4-18(26)20(28)17-11-16(12-23-21-22-5-10-29-21)27-9-7-25(2)14-19(17)27/h5,10,15-20,28H,3-4,6-9,11-14H2,1-2H3,(H,22,23). The molecule has 4 saturated heterocycles. The molecule has 1 aromatic rings. The first-order valence-corrected chi connectivity index (χ1v) is 12.2. The van der Waals surface area contributed by atoms with Gasteiger partial charge >= 0.3 is 0 Å². The van der Waals surface area contributed by atoms with Crippen LogP contribution in [0.25, 0.3) is 0 Å². The van der Waals surface area contributed by atoms with Gasteiger partial charge < -0.3 is 20.2 Å². The van der Waals surface area contributed by atoms with Crippen molar-refractivity contribution in [2.24, 2.45) is 5.92 Å². The SMILES string of the molecule is CN1CCN2C(CCC2C(O)C2CC(CNc3nccs3)N3CCN(C)CC23)C1. The smallest absolute Gasteiger partial charge is 0.182 e. The van der Waals surface area contributed by atoms with Gasteiger partial charge in [-0.05, 0) is 33.4 Å². The van der Waals surface area contributed by atoms with E-state index in [-0.39, 0.29) is 6.10 Å². The van der Waals surface area contributed by atoms with Gasteiger partial charge in [0.2, 0.25) is 0 Å². The maximum absolute atomic E-state index is 11.6. The monoisotopic (exact) mass is 420 g/mol. The van der Waals surface area contributed by atoms with Crippen molar-refractivity contribution in [2.45, 2.75) is 49.5 Å². The van der Waals surface area contributed by atoms with Crippen molar-refractivity contribution in [2.75, 3.05) is 65.2 Å². The van der Waals surface area contributed by atoms with Crippen molar-refractivity contribution in [3.63, 3.8) is 0 Å². The van der Waals surface area contributed by atoms with Crippen LogP contribution in [0.2, 0.25) is 0 Å². The Hall–Kier alpha value is -0.770. The fraction of sp³-hybridized carbons (Fsp3) is 0.857. The Morgan fingerprint density at radius 3 is 2.72 bits per heavy atom. The third kappa shape index (κ3) is 3.95. The summed E-state index contributed by atoms with van der Waals surface area (Å²) in [7, 11) is 4.46. The minimum atomic E-state index is -0.215. The number of thiazole rings is 1. The number of anilines is 1. The van der Waals surface area contributed by atoms with Gasteiger partial charge in [-0.15, -0.1) is 11.3 Å². The van der Waals surface area contributed by atoms with E-state index in [9.17, 15) is 5.11 Å². The summed E-state index contributed by atoms with van der Waals surface area (Å²) in [4.78, 5) is 14.6. The normalized spacial score (nSPS) is 38.1. The van der Waals surface area contributed by atoms with Crippen molar-refractivity contribution in [3.05, 3.63) is 11.6 Å². The van der Waals surface area contributed by atoms with Gasteiger partial charge in [0, 0.05) is 87.5 Å². The molecular weight excluding hydrogens is 384 g/mol. The molecule has 162 valence electrons. The summed E-state index contributed by atoms with van der Waals surface area (Å²) in [5.74, 6) is 0.365. The van der Waals surface area contributed by atoms with Gasteiger partial charge in [-0.3, -0.25) is 9.80 Å². The second kappa shape index (κ2) is 8.40. The first-order valence-electron chi connectivity index (χ1n) is 11.3. The van der Waals surface area contributed by atoms with Crippen LogP contribution < -0.4 is 5.32 Å². The van der Waals surface area contributed by atoms with E-state index in [0.717, 1.165) is 63.8 Å². The number of rotatable bonds is 5. The van der Waals surface area contributed by atoms with Crippen molar-refractivity contribution in [3.8, 4) is 0 Å². The predicted octanol–water partition coefficient (Wildman–Crippen LogP) is 0.699. The molecule has 6 atom stereocenters. The van der Waals surface area contributed by atoms with E-state index >= 15 is 0 Å². The molecule has 0 bridgehead atoms. The average Bonchev–Trinajstić information content (AvgIpc) is 3.44. The van der Waals surface area contributed by atoms with Crippen LogP contribution >= 0.6 is 11.3 Å². The molecule has 4 aliphatic heterocycles. The van der Waals surface area contributed by atoms with Gasteiger partial charge in [-0.25, -0.2) is 4.98 Å². The number of fused-ring (bicyclic) bond motifs is 2. The van der Waals surface area contributed by atoms with Gasteiger partial charge in [0.15, 0.2) is 5.13 Å². The molecule has 5 heterocycles. The molecule has 5 rings (SSSR count). The van der Waals surface area contributed by atoms with E-state index in [4.69, 9.17) is 0 Å². The number of nitrogens with zero attached hydrogens (tertiary/aromatic N) is 5. The van der Waals surface area contributed by atoms with Gasteiger partial charge in [0.1, 0.15) is 0 Å². The lowest BCUT2D eigenvalue weighted by Gasteiger charge is -2.43. The summed E-state index contributed by atoms with van der Waals surface area (Å²) in [6.45, 7) is 7.63. The van der Waals surface area contributed by atoms with Crippen molar-refractivity contribution >= 4 is 16.5 Å². The molecular formula is C21H36N6OS. The molecule has 8 heteroatoms. The third-order valence-corrected chi connectivity index (χ3v) is 8.61. The number of hydrogen-bond acceptors (Lipinski definition) is 8. The van der Waals surface area contributed by atoms with Crippen LogP contribution in [0.15, 0.2) is 11.6 Å². The lowest BCUT2D eigenvalue weighted by molar-refractivity contribution is -0.0214. The molecule has 0 amide bonds. The fourth-order valence-corrected chi connectivity index (χ4v) is 6.93. The fourth-order valence-electron chi connectivity index (χ4n) is 6.39. The average molecular weight is 421 g/mol. The molecule has 0 aromatic carbocycles. The largest absolute Gasteiger partial charge is 0.391 e. The van der Waals surface area contributed by atoms with Crippen LogP contribution in [0, 0.1) is 5.92 Å². The highest BCUT2D eigenvalue weighted by molar-refractivity contribution is 7.13. The van der Waals surface area contributed by atoms with Gasteiger partial charge in [-0.1, -0.05) is 0 Å². The zero-order valence-electron chi connectivity index (χ0n) is 17.8. The van der Waals surface area contributed by atoms with Gasteiger partial charge in [-0.2, -0.15) is 0 Å². The number of aliphatic hydroxyl groups excluding tert-OH is 1. The molecule has 4 aliphatic rings. The van der Waals surface area contributed by atoms with Crippen LogP contribution in [0.4, 0.5) is 5.13 Å². The predicted molar refractivity (Wildman–Crippen MR) is 118 cm³/mol. The quantitative estimate of drug-likeness (QED) is 0.727. The maximum Gasteiger partial charge on any atom is 0.182 e. The number of aromatic nitrogens is 1. The van der Waals surface area contributed by atoms with Crippen molar-refractivity contribution < 1.29 is 5.11 Å². The topological polar surface area (TPSA) is 58.1 Å². The Morgan fingerprint density at radius 1 is 1.14 bits per heavy atom. The lowest BCUT2D eigenvalue weighted by atomic mass is 9.86. The van der Waals surface area contributed by atoms with E-state index in [2.05, 4.69) is 44.0 Å². The third-order valence-electron chi connectivity index (χ3n) is 7.88. The Kier molecular flexibility index (Phi) is 5.84. The van der Waals surface area contributed by atoms with Crippen LogP contribution in [0.5, 0.6) is 0 Å². The van der Waals surface area contributed by atoms with E-state index in [1.807, 2.05) is 11.6 Å².